The highest BCUT2D eigenvalue weighted by Crippen LogP contribution is 2.45. The Morgan fingerprint density at radius 3 is 2.74 bits per heavy atom. The number of fused-ring (bicyclic) bond motifs is 3. The van der Waals surface area contributed by atoms with Crippen molar-refractivity contribution in [1.29, 1.82) is 0 Å². The molecule has 3 aliphatic rings. The molecule has 1 atom stereocenters. The van der Waals surface area contributed by atoms with Crippen LogP contribution in [0.5, 0.6) is 5.75 Å². The van der Waals surface area contributed by atoms with Crippen LogP contribution >= 0.6 is 11.6 Å². The van der Waals surface area contributed by atoms with E-state index in [-0.39, 0.29) is 28.8 Å². The molecule has 0 unspecified atom stereocenters. The number of aliphatic hydroxyl groups excluding tert-OH is 1. The molecular formula is C16H20ClFN2O3. The van der Waals surface area contributed by atoms with Crippen LogP contribution in [0.25, 0.3) is 0 Å². The quantitative estimate of drug-likeness (QED) is 0.778. The highest BCUT2D eigenvalue weighted by molar-refractivity contribution is 6.30. The van der Waals surface area contributed by atoms with Gasteiger partial charge >= 0.3 is 0 Å². The summed E-state index contributed by atoms with van der Waals surface area (Å²) >= 11 is 5.59. The molecule has 3 fully saturated rings. The minimum atomic E-state index is -0.646. The summed E-state index contributed by atoms with van der Waals surface area (Å²) in [6, 6.07) is 4.00. The van der Waals surface area contributed by atoms with Gasteiger partial charge in [-0.15, -0.1) is 0 Å². The van der Waals surface area contributed by atoms with Gasteiger partial charge in [0.1, 0.15) is 11.6 Å². The second-order valence-electron chi connectivity index (χ2n) is 6.65. The number of nitrogens with two attached hydrogens (primary N) is 1. The van der Waals surface area contributed by atoms with Crippen molar-refractivity contribution in [2.24, 2.45) is 5.73 Å². The highest BCUT2D eigenvalue weighted by Gasteiger charge is 2.53. The zero-order valence-electron chi connectivity index (χ0n) is 12.6. The molecule has 0 heterocycles. The molecule has 0 aliphatic heterocycles. The summed E-state index contributed by atoms with van der Waals surface area (Å²) in [5.41, 5.74) is 5.27. The van der Waals surface area contributed by atoms with Crippen molar-refractivity contribution in [3.8, 4) is 5.75 Å². The molecule has 3 aliphatic carbocycles. The van der Waals surface area contributed by atoms with Crippen molar-refractivity contribution in [2.75, 3.05) is 6.61 Å². The number of aliphatic hydroxyl groups is 1. The number of nitrogens with one attached hydrogen (secondary N) is 1. The lowest BCUT2D eigenvalue weighted by Gasteiger charge is -2.54. The van der Waals surface area contributed by atoms with E-state index in [0.29, 0.717) is 19.3 Å². The predicted molar refractivity (Wildman–Crippen MR) is 83.8 cm³/mol. The Balaban J connectivity index is 1.58. The van der Waals surface area contributed by atoms with Crippen LogP contribution in [0.3, 0.4) is 0 Å². The van der Waals surface area contributed by atoms with Crippen LogP contribution in [0.4, 0.5) is 4.39 Å². The molecule has 1 amide bonds. The summed E-state index contributed by atoms with van der Waals surface area (Å²) in [4.78, 5) is 12.1. The zero-order valence-corrected chi connectivity index (χ0v) is 13.4. The molecule has 2 bridgehead atoms. The van der Waals surface area contributed by atoms with Crippen LogP contribution in [0.2, 0.25) is 5.02 Å². The number of ether oxygens (including phenoxy) is 1. The van der Waals surface area contributed by atoms with Crippen LogP contribution in [-0.4, -0.2) is 34.8 Å². The molecule has 7 heteroatoms. The van der Waals surface area contributed by atoms with Gasteiger partial charge in [-0.3, -0.25) is 4.79 Å². The van der Waals surface area contributed by atoms with E-state index < -0.39 is 17.5 Å². The smallest absolute Gasteiger partial charge is 0.258 e. The molecule has 1 aromatic rings. The number of carbonyl (C=O) groups excluding carboxylic acids is 1. The van der Waals surface area contributed by atoms with Crippen LogP contribution in [0.1, 0.15) is 32.1 Å². The number of benzene rings is 1. The minimum absolute atomic E-state index is 0.00140. The van der Waals surface area contributed by atoms with E-state index in [4.69, 9.17) is 22.1 Å². The number of hydrogen-bond donors (Lipinski definition) is 3. The van der Waals surface area contributed by atoms with Gasteiger partial charge in [-0.1, -0.05) is 11.6 Å². The molecule has 126 valence electrons. The van der Waals surface area contributed by atoms with Gasteiger partial charge in [0.05, 0.1) is 16.7 Å². The van der Waals surface area contributed by atoms with Crippen LogP contribution < -0.4 is 15.8 Å². The Bertz CT molecular complexity index is 617. The second-order valence-corrected chi connectivity index (χ2v) is 7.06. The largest absolute Gasteiger partial charge is 0.484 e. The van der Waals surface area contributed by atoms with Gasteiger partial charge in [0, 0.05) is 11.6 Å². The zero-order chi connectivity index (χ0) is 16.7. The summed E-state index contributed by atoms with van der Waals surface area (Å²) in [6.07, 6.45) is 2.74. The Morgan fingerprint density at radius 1 is 1.43 bits per heavy atom. The molecule has 0 saturated heterocycles. The lowest BCUT2D eigenvalue weighted by Crippen LogP contribution is -2.69. The summed E-state index contributed by atoms with van der Waals surface area (Å²) in [7, 11) is 0. The molecule has 3 saturated carbocycles. The Kier molecular flexibility index (Phi) is 4.25. The third-order valence-corrected chi connectivity index (χ3v) is 5.33. The van der Waals surface area contributed by atoms with E-state index >= 15 is 0 Å². The van der Waals surface area contributed by atoms with Crippen molar-refractivity contribution in [1.82, 2.24) is 5.32 Å². The van der Waals surface area contributed by atoms with Gasteiger partial charge in [-0.05, 0) is 44.2 Å². The van der Waals surface area contributed by atoms with Crippen molar-refractivity contribution >= 4 is 17.5 Å². The molecule has 0 radical (unpaired) electrons. The monoisotopic (exact) mass is 342 g/mol. The van der Waals surface area contributed by atoms with Gasteiger partial charge in [0.25, 0.3) is 5.91 Å². The van der Waals surface area contributed by atoms with Gasteiger partial charge in [-0.25, -0.2) is 4.39 Å². The summed E-state index contributed by atoms with van der Waals surface area (Å²) in [6.45, 7) is -0.247. The topological polar surface area (TPSA) is 84.6 Å². The molecule has 4 N–H and O–H groups in total. The van der Waals surface area contributed by atoms with E-state index in [1.165, 1.54) is 12.1 Å². The van der Waals surface area contributed by atoms with Crippen LogP contribution in [-0.2, 0) is 4.79 Å². The number of halogens is 2. The normalized spacial score (nSPS) is 32.6. The summed E-state index contributed by atoms with van der Waals surface area (Å²) in [5, 5.41) is 13.2. The SMILES string of the molecule is NC12CCC(NC(=O)COc3ccc(Cl)c(F)c3)(CC1)[C@H](O)C2. The molecule has 1 aromatic carbocycles. The molecule has 0 aromatic heterocycles. The highest BCUT2D eigenvalue weighted by atomic mass is 35.5. The molecular weight excluding hydrogens is 323 g/mol. The number of amides is 1. The lowest BCUT2D eigenvalue weighted by atomic mass is 9.60. The van der Waals surface area contributed by atoms with E-state index in [1.807, 2.05) is 0 Å². The van der Waals surface area contributed by atoms with Gasteiger partial charge in [-0.2, -0.15) is 0 Å². The number of hydrogen-bond acceptors (Lipinski definition) is 4. The predicted octanol–water partition coefficient (Wildman–Crippen LogP) is 1.75. The minimum Gasteiger partial charge on any atom is -0.484 e. The van der Waals surface area contributed by atoms with Crippen molar-refractivity contribution in [3.63, 3.8) is 0 Å². The van der Waals surface area contributed by atoms with Crippen molar-refractivity contribution in [3.05, 3.63) is 29.0 Å². The third-order valence-electron chi connectivity index (χ3n) is 5.03. The standard InChI is InChI=1S/C16H20ClFN2O3/c17-11-2-1-10(7-12(11)18)23-9-14(22)20-16-5-3-15(19,4-6-16)8-13(16)21/h1-2,7,13,21H,3-6,8-9,19H2,(H,20,22)/t13-,15?,16?/m1/s1. The van der Waals surface area contributed by atoms with Gasteiger partial charge in [0.2, 0.25) is 0 Å². The maximum absolute atomic E-state index is 13.3. The first kappa shape index (κ1) is 16.5. The van der Waals surface area contributed by atoms with Gasteiger partial charge < -0.3 is 20.9 Å². The summed E-state index contributed by atoms with van der Waals surface area (Å²) < 4.78 is 18.6. The molecule has 0 spiro atoms. The number of carbonyl (C=O) groups is 1. The van der Waals surface area contributed by atoms with E-state index in [0.717, 1.165) is 18.9 Å². The molecule has 4 rings (SSSR count). The molecule has 23 heavy (non-hydrogen) atoms. The Hall–Kier alpha value is -1.37. The fourth-order valence-electron chi connectivity index (χ4n) is 3.55. The third kappa shape index (κ3) is 3.29. The van der Waals surface area contributed by atoms with Crippen molar-refractivity contribution in [2.45, 2.75) is 49.3 Å². The Morgan fingerprint density at radius 2 is 2.13 bits per heavy atom. The average Bonchev–Trinajstić information content (AvgIpc) is 2.50. The first-order chi connectivity index (χ1) is 10.8. The summed E-state index contributed by atoms with van der Waals surface area (Å²) in [5.74, 6) is -0.711. The fraction of sp³-hybridized carbons (Fsp3) is 0.562. The van der Waals surface area contributed by atoms with Crippen molar-refractivity contribution < 1.29 is 19.0 Å². The second kappa shape index (κ2) is 5.92. The van der Waals surface area contributed by atoms with E-state index in [9.17, 15) is 14.3 Å². The Labute approximate surface area is 138 Å². The first-order valence-electron chi connectivity index (χ1n) is 7.68. The maximum Gasteiger partial charge on any atom is 0.258 e. The fourth-order valence-corrected chi connectivity index (χ4v) is 3.67. The first-order valence-corrected chi connectivity index (χ1v) is 8.06. The number of rotatable bonds is 4. The molecule has 5 nitrogen and oxygen atoms in total. The van der Waals surface area contributed by atoms with E-state index in [1.54, 1.807) is 0 Å². The van der Waals surface area contributed by atoms with Crippen LogP contribution in [0, 0.1) is 5.82 Å². The lowest BCUT2D eigenvalue weighted by molar-refractivity contribution is -0.131. The maximum atomic E-state index is 13.3. The average molecular weight is 343 g/mol. The van der Waals surface area contributed by atoms with Gasteiger partial charge in [0.15, 0.2) is 6.61 Å². The van der Waals surface area contributed by atoms with E-state index in [2.05, 4.69) is 5.32 Å². The van der Waals surface area contributed by atoms with Crippen LogP contribution in [0.15, 0.2) is 18.2 Å².